The number of rotatable bonds is 37. The SMILES string of the molecule is CCCCCCCCCCCCCC[n+]1ccc(CC(=O)C(=O)CCCCC(=O)C(=O)Cc2cc[n+](CCCCCCCCCCCCCC)cc2)cc1.[I-].[I-]. The Morgan fingerprint density at radius 2 is 0.607 bits per heavy atom. The van der Waals surface area contributed by atoms with Crippen LogP contribution in [0.25, 0.3) is 0 Å². The Balaban J connectivity index is 0.0000151. The summed E-state index contributed by atoms with van der Waals surface area (Å²) in [6, 6.07) is 7.73. The summed E-state index contributed by atoms with van der Waals surface area (Å²) in [5, 5.41) is 0. The number of nitrogens with zero attached hydrogens (tertiary/aromatic N) is 2. The molecule has 0 N–H and O–H groups in total. The van der Waals surface area contributed by atoms with E-state index in [0.717, 1.165) is 37.1 Å². The molecule has 6 nitrogen and oxygen atoms in total. The van der Waals surface area contributed by atoms with Gasteiger partial charge in [0.25, 0.3) is 0 Å². The molecule has 0 aromatic carbocycles. The molecule has 0 saturated carbocycles. The van der Waals surface area contributed by atoms with Crippen LogP contribution in [0.5, 0.6) is 0 Å². The fourth-order valence-electron chi connectivity index (χ4n) is 7.20. The van der Waals surface area contributed by atoms with Crippen molar-refractivity contribution in [3.63, 3.8) is 0 Å². The molecule has 318 valence electrons. The van der Waals surface area contributed by atoms with E-state index in [9.17, 15) is 19.2 Å². The fourth-order valence-corrected chi connectivity index (χ4v) is 7.20. The van der Waals surface area contributed by atoms with Gasteiger partial charge in [0.15, 0.2) is 36.4 Å². The fraction of sp³-hybridized carbons (Fsp3) is 0.708. The van der Waals surface area contributed by atoms with E-state index < -0.39 is 23.1 Å². The number of hydrogen-bond donors (Lipinski definition) is 0. The molecule has 0 unspecified atom stereocenters. The number of pyridine rings is 2. The molecule has 0 spiro atoms. The molecule has 0 fully saturated rings. The number of aryl methyl sites for hydroxylation is 2. The van der Waals surface area contributed by atoms with Crippen molar-refractivity contribution in [3.8, 4) is 0 Å². The van der Waals surface area contributed by atoms with Gasteiger partial charge in [-0.3, -0.25) is 19.2 Å². The Labute approximate surface area is 376 Å². The Kier molecular flexibility index (Phi) is 36.6. The van der Waals surface area contributed by atoms with E-state index in [0.29, 0.717) is 12.8 Å². The van der Waals surface area contributed by atoms with Crippen molar-refractivity contribution < 1.29 is 76.3 Å². The van der Waals surface area contributed by atoms with Gasteiger partial charge in [0.1, 0.15) is 13.1 Å². The van der Waals surface area contributed by atoms with Crippen molar-refractivity contribution in [2.45, 2.75) is 220 Å². The number of halogens is 2. The van der Waals surface area contributed by atoms with E-state index in [1.54, 1.807) is 0 Å². The Morgan fingerprint density at radius 3 is 0.875 bits per heavy atom. The van der Waals surface area contributed by atoms with Gasteiger partial charge in [0.05, 0.1) is 0 Å². The first kappa shape index (κ1) is 54.4. The van der Waals surface area contributed by atoms with Crippen LogP contribution >= 0.6 is 0 Å². The lowest BCUT2D eigenvalue weighted by atomic mass is 10.0. The van der Waals surface area contributed by atoms with Gasteiger partial charge in [-0.2, -0.15) is 0 Å². The summed E-state index contributed by atoms with van der Waals surface area (Å²) < 4.78 is 4.30. The standard InChI is InChI=1S/C48H78N2O4.2HI/c1-3-5-7-9-11-13-15-17-19-21-23-27-35-49-37-31-43(32-38-49)41-47(53)45(51)29-25-26-30-46(52)48(54)42-44-33-39-50(40-34-44)36-28-24-22-20-18-16-14-12-10-8-6-4-2;;/h31-34,37-40H,3-30,35-36,41-42H2,1-2H3;2*1H/q+2;;/p-2. The van der Waals surface area contributed by atoms with E-state index in [2.05, 4.69) is 23.0 Å². The zero-order chi connectivity index (χ0) is 38.9. The van der Waals surface area contributed by atoms with Crippen LogP contribution in [0.4, 0.5) is 0 Å². The number of ketones is 4. The number of carbonyl (C=O) groups is 4. The lowest BCUT2D eigenvalue weighted by Gasteiger charge is -2.04. The zero-order valence-corrected chi connectivity index (χ0v) is 39.8. The minimum absolute atomic E-state index is 0. The topological polar surface area (TPSA) is 76.0 Å². The average Bonchev–Trinajstić information content (AvgIpc) is 3.18. The summed E-state index contributed by atoms with van der Waals surface area (Å²) in [5.41, 5.74) is 1.69. The minimum atomic E-state index is -0.400. The first-order valence-corrected chi connectivity index (χ1v) is 22.5. The highest BCUT2D eigenvalue weighted by Gasteiger charge is 2.18. The van der Waals surface area contributed by atoms with Gasteiger partial charge in [0, 0.05) is 62.8 Å². The summed E-state index contributed by atoms with van der Waals surface area (Å²) in [5.74, 6) is -1.58. The van der Waals surface area contributed by atoms with E-state index in [1.165, 1.54) is 141 Å². The van der Waals surface area contributed by atoms with E-state index in [-0.39, 0.29) is 73.6 Å². The van der Waals surface area contributed by atoms with Crippen LogP contribution in [0.15, 0.2) is 49.1 Å². The van der Waals surface area contributed by atoms with Crippen molar-refractivity contribution in [1.82, 2.24) is 0 Å². The van der Waals surface area contributed by atoms with Crippen molar-refractivity contribution in [2.75, 3.05) is 0 Å². The summed E-state index contributed by atoms with van der Waals surface area (Å²) in [6.07, 6.45) is 41.4. The van der Waals surface area contributed by atoms with E-state index in [1.807, 2.05) is 49.1 Å². The normalized spacial score (nSPS) is 10.8. The molecular formula is C48H78I2N2O4. The highest BCUT2D eigenvalue weighted by molar-refractivity contribution is 6.38. The molecule has 8 heteroatoms. The molecule has 0 saturated heterocycles. The quantitative estimate of drug-likeness (QED) is 0.0400. The molecular weight excluding hydrogens is 922 g/mol. The maximum absolute atomic E-state index is 12.5. The smallest absolute Gasteiger partial charge is 0.202 e. The second kappa shape index (κ2) is 37.7. The largest absolute Gasteiger partial charge is 1.00 e. The number of carbonyl (C=O) groups excluding carboxylic acids is 4. The predicted molar refractivity (Wildman–Crippen MR) is 221 cm³/mol. The number of unbranched alkanes of at least 4 members (excludes halogenated alkanes) is 23. The third kappa shape index (κ3) is 28.8. The van der Waals surface area contributed by atoms with Crippen LogP contribution in [0, 0.1) is 0 Å². The van der Waals surface area contributed by atoms with Crippen LogP contribution in [-0.2, 0) is 45.1 Å². The van der Waals surface area contributed by atoms with Crippen molar-refractivity contribution in [1.29, 1.82) is 0 Å². The highest BCUT2D eigenvalue weighted by atomic mass is 127. The molecule has 0 atom stereocenters. The van der Waals surface area contributed by atoms with Gasteiger partial charge < -0.3 is 48.0 Å². The number of Topliss-reactive ketones (excluding diaryl/α,β-unsaturated/α-hetero) is 4. The van der Waals surface area contributed by atoms with Crippen molar-refractivity contribution in [3.05, 3.63) is 60.2 Å². The first-order chi connectivity index (χ1) is 26.4. The summed E-state index contributed by atoms with van der Waals surface area (Å²) in [7, 11) is 0. The molecule has 0 aliphatic carbocycles. The maximum atomic E-state index is 12.5. The van der Waals surface area contributed by atoms with Gasteiger partial charge >= 0.3 is 0 Å². The third-order valence-electron chi connectivity index (χ3n) is 10.9. The number of aromatic nitrogens is 2. The molecule has 56 heavy (non-hydrogen) atoms. The second-order valence-electron chi connectivity index (χ2n) is 15.9. The maximum Gasteiger partial charge on any atom is 0.202 e. The summed E-state index contributed by atoms with van der Waals surface area (Å²) >= 11 is 0. The molecule has 0 radical (unpaired) electrons. The zero-order valence-electron chi connectivity index (χ0n) is 35.5. The Hall–Kier alpha value is -1.56. The molecule has 2 aromatic rings. The average molecular weight is 1000 g/mol. The van der Waals surface area contributed by atoms with Crippen molar-refractivity contribution >= 4 is 23.1 Å². The second-order valence-corrected chi connectivity index (χ2v) is 15.9. The van der Waals surface area contributed by atoms with E-state index in [4.69, 9.17) is 0 Å². The Morgan fingerprint density at radius 1 is 0.357 bits per heavy atom. The minimum Gasteiger partial charge on any atom is -1.00 e. The van der Waals surface area contributed by atoms with Crippen LogP contribution in [0.1, 0.15) is 205 Å². The highest BCUT2D eigenvalue weighted by Crippen LogP contribution is 2.14. The lowest BCUT2D eigenvalue weighted by molar-refractivity contribution is -0.697. The molecule has 0 amide bonds. The lowest BCUT2D eigenvalue weighted by Crippen LogP contribution is -3.00. The first-order valence-electron chi connectivity index (χ1n) is 22.5. The van der Waals surface area contributed by atoms with Gasteiger partial charge in [0.2, 0.25) is 11.6 Å². The van der Waals surface area contributed by atoms with Crippen molar-refractivity contribution in [2.24, 2.45) is 0 Å². The number of hydrogen-bond acceptors (Lipinski definition) is 4. The third-order valence-corrected chi connectivity index (χ3v) is 10.9. The van der Waals surface area contributed by atoms with Gasteiger partial charge in [-0.15, -0.1) is 0 Å². The van der Waals surface area contributed by atoms with E-state index >= 15 is 0 Å². The molecule has 0 bridgehead atoms. The van der Waals surface area contributed by atoms with Gasteiger partial charge in [-0.05, 0) is 36.8 Å². The van der Waals surface area contributed by atoms with Crippen LogP contribution in [0.2, 0.25) is 0 Å². The molecule has 2 rings (SSSR count). The van der Waals surface area contributed by atoms with Gasteiger partial charge in [-0.25, -0.2) is 9.13 Å². The predicted octanol–water partition coefficient (Wildman–Crippen LogP) is 5.29. The van der Waals surface area contributed by atoms with Crippen LogP contribution < -0.4 is 57.1 Å². The van der Waals surface area contributed by atoms with Crippen LogP contribution in [0.3, 0.4) is 0 Å². The summed E-state index contributed by atoms with van der Waals surface area (Å²) in [6.45, 7) is 6.47. The Bertz CT molecular complexity index is 1180. The van der Waals surface area contributed by atoms with Gasteiger partial charge in [-0.1, -0.05) is 142 Å². The summed E-state index contributed by atoms with van der Waals surface area (Å²) in [4.78, 5) is 50.0. The molecule has 2 heterocycles. The molecule has 0 aliphatic heterocycles. The monoisotopic (exact) mass is 1000 g/mol. The molecule has 0 aliphatic rings. The molecule has 2 aromatic heterocycles. The van der Waals surface area contributed by atoms with Crippen LogP contribution in [-0.4, -0.2) is 23.1 Å².